The van der Waals surface area contributed by atoms with Crippen molar-refractivity contribution in [1.82, 2.24) is 25.2 Å². The quantitative estimate of drug-likeness (QED) is 0.565. The first-order valence-electron chi connectivity index (χ1n) is 10.5. The van der Waals surface area contributed by atoms with Crippen molar-refractivity contribution in [2.75, 3.05) is 20.1 Å². The Kier molecular flexibility index (Phi) is 6.22. The van der Waals surface area contributed by atoms with Gasteiger partial charge >= 0.3 is 6.18 Å². The summed E-state index contributed by atoms with van der Waals surface area (Å²) in [5, 5.41) is 2.26. The van der Waals surface area contributed by atoms with Crippen LogP contribution in [0.5, 0.6) is 0 Å². The number of carbonyl (C=O) groups is 1. The molecule has 1 amide bonds. The zero-order valence-corrected chi connectivity index (χ0v) is 18.4. The molecule has 0 saturated carbocycles. The lowest BCUT2D eigenvalue weighted by Gasteiger charge is -2.16. The Morgan fingerprint density at radius 3 is 2.71 bits per heavy atom. The molecule has 3 heterocycles. The van der Waals surface area contributed by atoms with Crippen LogP contribution in [0.2, 0.25) is 0 Å². The predicted molar refractivity (Wildman–Crippen MR) is 118 cm³/mol. The van der Waals surface area contributed by atoms with Gasteiger partial charge in [-0.2, -0.15) is 13.2 Å². The summed E-state index contributed by atoms with van der Waals surface area (Å²) in [6.45, 7) is 2.62. The third kappa shape index (κ3) is 4.69. The van der Waals surface area contributed by atoms with E-state index in [4.69, 9.17) is 0 Å². The van der Waals surface area contributed by atoms with Crippen molar-refractivity contribution < 1.29 is 22.4 Å². The zero-order valence-electron chi connectivity index (χ0n) is 18.4. The summed E-state index contributed by atoms with van der Waals surface area (Å²) in [4.78, 5) is 35.5. The number of pyridine rings is 1. The molecule has 0 atom stereocenters. The number of nitrogens with zero attached hydrogens (tertiary/aromatic N) is 3. The van der Waals surface area contributed by atoms with Gasteiger partial charge in [0.2, 0.25) is 0 Å². The standard InChI is InChI=1S/C23H21F4N5O2/c1-12-21(33)31-19-16(29-12)5-4-15(18(19)24)11-32-8-7-13(10-32)9-14-3-6-17(22(34)28-2)30-20(14)23(25,26)27/h3-6,9H,7-8,10-11H2,1-2H3,(H,28,34)(H,31,33)/b13-9+. The number of aryl methyl sites for hydroxylation is 1. The largest absolute Gasteiger partial charge is 0.433 e. The summed E-state index contributed by atoms with van der Waals surface area (Å²) in [5.41, 5.74) is -0.363. The van der Waals surface area contributed by atoms with Gasteiger partial charge in [0.15, 0.2) is 11.5 Å². The van der Waals surface area contributed by atoms with Crippen LogP contribution in [0.3, 0.4) is 0 Å². The fourth-order valence-electron chi connectivity index (χ4n) is 3.91. The third-order valence-corrected chi connectivity index (χ3v) is 5.64. The molecule has 0 aliphatic carbocycles. The Bertz CT molecular complexity index is 1360. The molecule has 2 aromatic heterocycles. The van der Waals surface area contributed by atoms with Crippen molar-refractivity contribution in [3.63, 3.8) is 0 Å². The Labute approximate surface area is 191 Å². The molecular formula is C23H21F4N5O2. The molecule has 0 spiro atoms. The van der Waals surface area contributed by atoms with E-state index in [1.807, 2.05) is 4.90 Å². The molecule has 1 aliphatic heterocycles. The normalized spacial score (nSPS) is 15.9. The molecule has 4 rings (SSSR count). The average Bonchev–Trinajstić information content (AvgIpc) is 3.23. The molecule has 0 unspecified atom stereocenters. The second-order valence-corrected chi connectivity index (χ2v) is 8.06. The molecule has 1 saturated heterocycles. The van der Waals surface area contributed by atoms with Crippen molar-refractivity contribution in [3.8, 4) is 0 Å². The first-order chi connectivity index (χ1) is 16.1. The van der Waals surface area contributed by atoms with Gasteiger partial charge in [-0.3, -0.25) is 14.5 Å². The smallest absolute Gasteiger partial charge is 0.354 e. The number of hydrogen-bond donors (Lipinski definition) is 2. The predicted octanol–water partition coefficient (Wildman–Crippen LogP) is 3.43. The number of hydrogen-bond acceptors (Lipinski definition) is 5. The lowest BCUT2D eigenvalue weighted by atomic mass is 10.1. The zero-order chi connectivity index (χ0) is 24.6. The summed E-state index contributed by atoms with van der Waals surface area (Å²) in [7, 11) is 1.31. The van der Waals surface area contributed by atoms with Gasteiger partial charge in [0, 0.05) is 37.8 Å². The van der Waals surface area contributed by atoms with Crippen molar-refractivity contribution in [2.45, 2.75) is 26.1 Å². The number of likely N-dealkylation sites (tertiary alicyclic amines) is 1. The van der Waals surface area contributed by atoms with E-state index in [-0.39, 0.29) is 29.0 Å². The van der Waals surface area contributed by atoms with Crippen molar-refractivity contribution in [2.24, 2.45) is 0 Å². The number of aromatic amines is 1. The Balaban J connectivity index is 1.57. The van der Waals surface area contributed by atoms with E-state index in [0.29, 0.717) is 30.6 Å². The molecule has 7 nitrogen and oxygen atoms in total. The number of benzene rings is 1. The van der Waals surface area contributed by atoms with E-state index in [9.17, 15) is 27.2 Å². The Hall–Kier alpha value is -3.60. The van der Waals surface area contributed by atoms with E-state index in [1.165, 1.54) is 32.2 Å². The number of carbonyl (C=O) groups excluding carboxylic acids is 1. The number of halogens is 4. The van der Waals surface area contributed by atoms with Crippen LogP contribution >= 0.6 is 0 Å². The van der Waals surface area contributed by atoms with Gasteiger partial charge < -0.3 is 10.3 Å². The monoisotopic (exact) mass is 475 g/mol. The van der Waals surface area contributed by atoms with Crippen LogP contribution in [0.15, 0.2) is 34.6 Å². The van der Waals surface area contributed by atoms with Crippen LogP contribution in [-0.2, 0) is 12.7 Å². The van der Waals surface area contributed by atoms with E-state index in [2.05, 4.69) is 20.3 Å². The highest BCUT2D eigenvalue weighted by molar-refractivity contribution is 5.92. The van der Waals surface area contributed by atoms with Crippen LogP contribution in [0, 0.1) is 12.7 Å². The van der Waals surface area contributed by atoms with Crippen LogP contribution in [0.1, 0.15) is 39.4 Å². The maximum atomic E-state index is 15.0. The summed E-state index contributed by atoms with van der Waals surface area (Å²) in [6.07, 6.45) is -2.81. The number of H-pyrrole nitrogens is 1. The number of nitrogens with one attached hydrogen (secondary N) is 2. The molecule has 34 heavy (non-hydrogen) atoms. The van der Waals surface area contributed by atoms with Crippen molar-refractivity contribution in [1.29, 1.82) is 0 Å². The molecule has 2 N–H and O–H groups in total. The summed E-state index contributed by atoms with van der Waals surface area (Å²) in [5.74, 6) is -1.28. The number of fused-ring (bicyclic) bond motifs is 1. The first kappa shape index (κ1) is 23.6. The minimum atomic E-state index is -4.73. The second-order valence-electron chi connectivity index (χ2n) is 8.06. The van der Waals surface area contributed by atoms with Crippen molar-refractivity contribution >= 4 is 23.0 Å². The van der Waals surface area contributed by atoms with Crippen molar-refractivity contribution in [3.05, 3.63) is 74.2 Å². The molecule has 3 aromatic rings. The minimum Gasteiger partial charge on any atom is -0.354 e. The van der Waals surface area contributed by atoms with E-state index in [1.54, 1.807) is 12.1 Å². The van der Waals surface area contributed by atoms with Crippen LogP contribution in [0.25, 0.3) is 17.1 Å². The summed E-state index contributed by atoms with van der Waals surface area (Å²) in [6, 6.07) is 5.69. The van der Waals surface area contributed by atoms with Crippen LogP contribution in [-0.4, -0.2) is 45.9 Å². The number of aromatic nitrogens is 3. The lowest BCUT2D eigenvalue weighted by molar-refractivity contribution is -0.141. The molecule has 1 fully saturated rings. The van der Waals surface area contributed by atoms with Gasteiger partial charge in [-0.15, -0.1) is 0 Å². The highest BCUT2D eigenvalue weighted by Gasteiger charge is 2.36. The molecule has 178 valence electrons. The lowest BCUT2D eigenvalue weighted by Crippen LogP contribution is -2.22. The molecule has 11 heteroatoms. The third-order valence-electron chi connectivity index (χ3n) is 5.64. The molecule has 1 aliphatic rings. The topological polar surface area (TPSA) is 91.0 Å². The maximum absolute atomic E-state index is 15.0. The maximum Gasteiger partial charge on any atom is 0.433 e. The van der Waals surface area contributed by atoms with E-state index in [0.717, 1.165) is 5.57 Å². The number of amides is 1. The molecule has 1 aromatic carbocycles. The molecular weight excluding hydrogens is 454 g/mol. The summed E-state index contributed by atoms with van der Waals surface area (Å²) >= 11 is 0. The average molecular weight is 475 g/mol. The van der Waals surface area contributed by atoms with E-state index >= 15 is 0 Å². The SMILES string of the molecule is CNC(=O)c1ccc(/C=C2\CCN(Cc3ccc4nc(C)c(=O)[nH]c4c3F)C2)c(C(F)(F)F)n1. The van der Waals surface area contributed by atoms with Gasteiger partial charge in [-0.25, -0.2) is 14.4 Å². The Morgan fingerprint density at radius 1 is 1.24 bits per heavy atom. The van der Waals surface area contributed by atoms with Gasteiger partial charge in [0.05, 0.1) is 5.52 Å². The van der Waals surface area contributed by atoms with E-state index < -0.39 is 29.2 Å². The van der Waals surface area contributed by atoms with Gasteiger partial charge in [0.1, 0.15) is 16.9 Å². The van der Waals surface area contributed by atoms with Gasteiger partial charge in [-0.1, -0.05) is 23.8 Å². The molecule has 0 radical (unpaired) electrons. The number of alkyl halides is 3. The minimum absolute atomic E-state index is 0.0279. The van der Waals surface area contributed by atoms with Gasteiger partial charge in [0.25, 0.3) is 11.5 Å². The van der Waals surface area contributed by atoms with Crippen LogP contribution in [0.4, 0.5) is 17.6 Å². The highest BCUT2D eigenvalue weighted by atomic mass is 19.4. The van der Waals surface area contributed by atoms with Crippen LogP contribution < -0.4 is 10.9 Å². The number of rotatable bonds is 4. The molecule has 0 bridgehead atoms. The first-order valence-corrected chi connectivity index (χ1v) is 10.5. The fourth-order valence-corrected chi connectivity index (χ4v) is 3.91. The fraction of sp³-hybridized carbons (Fsp3) is 0.304. The Morgan fingerprint density at radius 2 is 2.00 bits per heavy atom. The van der Waals surface area contributed by atoms with Gasteiger partial charge in [-0.05, 0) is 25.5 Å². The highest BCUT2D eigenvalue weighted by Crippen LogP contribution is 2.33. The summed E-state index contributed by atoms with van der Waals surface area (Å²) < 4.78 is 55.6. The second kappa shape index (κ2) is 8.98.